The molecule has 0 spiro atoms. The van der Waals surface area contributed by atoms with Crippen molar-refractivity contribution in [2.45, 2.75) is 13.8 Å². The fourth-order valence-electron chi connectivity index (χ4n) is 0.355. The SMILES string of the molecule is CSNC(=O)OCC(C)C. The summed E-state index contributed by atoms with van der Waals surface area (Å²) in [4.78, 5) is 10.6. The minimum atomic E-state index is -0.360. The van der Waals surface area contributed by atoms with Gasteiger partial charge in [0.05, 0.1) is 6.61 Å². The highest BCUT2D eigenvalue weighted by Gasteiger charge is 2.00. The lowest BCUT2D eigenvalue weighted by Gasteiger charge is -2.05. The van der Waals surface area contributed by atoms with Gasteiger partial charge in [-0.15, -0.1) is 0 Å². The summed E-state index contributed by atoms with van der Waals surface area (Å²) < 4.78 is 7.23. The Hall–Kier alpha value is -0.380. The molecule has 0 saturated heterocycles. The van der Waals surface area contributed by atoms with Crippen molar-refractivity contribution >= 4 is 18.0 Å². The number of hydrogen-bond acceptors (Lipinski definition) is 3. The quantitative estimate of drug-likeness (QED) is 0.643. The molecular weight excluding hydrogens is 150 g/mol. The molecule has 0 aliphatic heterocycles. The standard InChI is InChI=1S/C6H13NO2S/c1-5(2)4-9-6(8)7-10-3/h5H,4H2,1-3H3,(H,7,8). The third-order valence-corrected chi connectivity index (χ3v) is 1.10. The van der Waals surface area contributed by atoms with Crippen molar-refractivity contribution < 1.29 is 9.53 Å². The highest BCUT2D eigenvalue weighted by Crippen LogP contribution is 1.93. The van der Waals surface area contributed by atoms with E-state index >= 15 is 0 Å². The van der Waals surface area contributed by atoms with Crippen LogP contribution < -0.4 is 4.72 Å². The van der Waals surface area contributed by atoms with Crippen molar-refractivity contribution in [3.63, 3.8) is 0 Å². The van der Waals surface area contributed by atoms with Crippen molar-refractivity contribution in [1.29, 1.82) is 0 Å². The molecule has 1 N–H and O–H groups in total. The predicted molar refractivity (Wildman–Crippen MR) is 42.8 cm³/mol. The van der Waals surface area contributed by atoms with Crippen LogP contribution in [0, 0.1) is 5.92 Å². The number of carbonyl (C=O) groups excluding carboxylic acids is 1. The van der Waals surface area contributed by atoms with Gasteiger partial charge in [0.1, 0.15) is 0 Å². The van der Waals surface area contributed by atoms with E-state index in [2.05, 4.69) is 4.72 Å². The second-order valence-corrected chi connectivity index (χ2v) is 2.91. The first-order valence-electron chi connectivity index (χ1n) is 3.12. The normalized spacial score (nSPS) is 9.60. The number of hydrogen-bond donors (Lipinski definition) is 1. The van der Waals surface area contributed by atoms with E-state index in [1.807, 2.05) is 13.8 Å². The monoisotopic (exact) mass is 163 g/mol. The van der Waals surface area contributed by atoms with Gasteiger partial charge in [0.25, 0.3) is 0 Å². The van der Waals surface area contributed by atoms with E-state index in [1.54, 1.807) is 6.26 Å². The summed E-state index contributed by atoms with van der Waals surface area (Å²) in [6, 6.07) is 0. The molecule has 0 heterocycles. The molecule has 60 valence electrons. The van der Waals surface area contributed by atoms with Gasteiger partial charge in [0.15, 0.2) is 0 Å². The summed E-state index contributed by atoms with van der Waals surface area (Å²) in [5, 5.41) is 0. The Morgan fingerprint density at radius 2 is 2.30 bits per heavy atom. The van der Waals surface area contributed by atoms with Crippen LogP contribution in [-0.2, 0) is 4.74 Å². The average molecular weight is 163 g/mol. The maximum atomic E-state index is 10.6. The molecule has 10 heavy (non-hydrogen) atoms. The number of rotatable bonds is 3. The van der Waals surface area contributed by atoms with Crippen LogP contribution in [0.3, 0.4) is 0 Å². The minimum absolute atomic E-state index is 0.360. The van der Waals surface area contributed by atoms with Gasteiger partial charge in [-0.25, -0.2) is 4.79 Å². The van der Waals surface area contributed by atoms with Crippen molar-refractivity contribution in [2.24, 2.45) is 5.92 Å². The smallest absolute Gasteiger partial charge is 0.417 e. The molecule has 0 aliphatic carbocycles. The van der Waals surface area contributed by atoms with Gasteiger partial charge >= 0.3 is 6.09 Å². The molecule has 0 aromatic heterocycles. The topological polar surface area (TPSA) is 38.3 Å². The lowest BCUT2D eigenvalue weighted by atomic mass is 10.2. The first kappa shape index (κ1) is 9.62. The highest BCUT2D eigenvalue weighted by molar-refractivity contribution is 7.97. The molecule has 0 aromatic rings. The van der Waals surface area contributed by atoms with Crippen LogP contribution in [0.4, 0.5) is 4.79 Å². The zero-order valence-electron chi connectivity index (χ0n) is 6.51. The van der Waals surface area contributed by atoms with E-state index in [-0.39, 0.29) is 6.09 Å². The fraction of sp³-hybridized carbons (Fsp3) is 0.833. The third kappa shape index (κ3) is 5.75. The molecule has 0 rings (SSSR count). The molecule has 4 heteroatoms. The summed E-state index contributed by atoms with van der Waals surface area (Å²) in [7, 11) is 0. The summed E-state index contributed by atoms with van der Waals surface area (Å²) in [5.74, 6) is 0.396. The van der Waals surface area contributed by atoms with Crippen LogP contribution in [0.1, 0.15) is 13.8 Å². The Labute approximate surface area is 65.6 Å². The lowest BCUT2D eigenvalue weighted by molar-refractivity contribution is 0.139. The van der Waals surface area contributed by atoms with Gasteiger partial charge in [-0.3, -0.25) is 4.72 Å². The van der Waals surface area contributed by atoms with Gasteiger partial charge in [-0.05, 0) is 5.92 Å². The fourth-order valence-corrected chi connectivity index (χ4v) is 0.581. The van der Waals surface area contributed by atoms with Gasteiger partial charge in [-0.1, -0.05) is 25.8 Å². The second-order valence-electron chi connectivity index (χ2n) is 2.30. The number of nitrogens with one attached hydrogen (secondary N) is 1. The second kappa shape index (κ2) is 5.41. The van der Waals surface area contributed by atoms with Crippen LogP contribution in [-0.4, -0.2) is 19.0 Å². The van der Waals surface area contributed by atoms with Crippen LogP contribution in [0.2, 0.25) is 0 Å². The first-order chi connectivity index (χ1) is 4.66. The molecule has 0 bridgehead atoms. The van der Waals surface area contributed by atoms with E-state index in [1.165, 1.54) is 11.9 Å². The third-order valence-electron chi connectivity index (χ3n) is 0.733. The van der Waals surface area contributed by atoms with Crippen LogP contribution in [0.15, 0.2) is 0 Å². The Morgan fingerprint density at radius 3 is 2.70 bits per heavy atom. The number of amides is 1. The molecule has 3 nitrogen and oxygen atoms in total. The van der Waals surface area contributed by atoms with Crippen molar-refractivity contribution in [3.8, 4) is 0 Å². The Bertz CT molecular complexity index is 106. The van der Waals surface area contributed by atoms with Crippen LogP contribution >= 0.6 is 11.9 Å². The van der Waals surface area contributed by atoms with E-state index in [4.69, 9.17) is 4.74 Å². The zero-order valence-corrected chi connectivity index (χ0v) is 7.33. The van der Waals surface area contributed by atoms with E-state index < -0.39 is 0 Å². The first-order valence-corrected chi connectivity index (χ1v) is 4.35. The molecule has 0 aromatic carbocycles. The van der Waals surface area contributed by atoms with Gasteiger partial charge in [0.2, 0.25) is 0 Å². The number of carbonyl (C=O) groups is 1. The van der Waals surface area contributed by atoms with Gasteiger partial charge in [0, 0.05) is 6.26 Å². The van der Waals surface area contributed by atoms with Gasteiger partial charge in [-0.2, -0.15) is 0 Å². The van der Waals surface area contributed by atoms with E-state index in [0.29, 0.717) is 12.5 Å². The summed E-state index contributed by atoms with van der Waals surface area (Å²) >= 11 is 1.24. The molecule has 0 fully saturated rings. The van der Waals surface area contributed by atoms with E-state index in [0.717, 1.165) is 0 Å². The highest BCUT2D eigenvalue weighted by atomic mass is 32.2. The summed E-state index contributed by atoms with van der Waals surface area (Å²) in [5.41, 5.74) is 0. The predicted octanol–water partition coefficient (Wildman–Crippen LogP) is 1.65. The average Bonchev–Trinajstić information content (AvgIpc) is 1.85. The molecule has 0 saturated carbocycles. The summed E-state index contributed by atoms with van der Waals surface area (Å²) in [6.45, 7) is 4.46. The molecule has 0 atom stereocenters. The Morgan fingerprint density at radius 1 is 1.70 bits per heavy atom. The van der Waals surface area contributed by atoms with Crippen LogP contribution in [0.5, 0.6) is 0 Å². The van der Waals surface area contributed by atoms with Crippen molar-refractivity contribution in [2.75, 3.05) is 12.9 Å². The largest absolute Gasteiger partial charge is 0.449 e. The molecule has 1 amide bonds. The minimum Gasteiger partial charge on any atom is -0.449 e. The van der Waals surface area contributed by atoms with Crippen molar-refractivity contribution in [3.05, 3.63) is 0 Å². The number of ether oxygens (including phenoxy) is 1. The maximum absolute atomic E-state index is 10.6. The molecular formula is C6H13NO2S. The Kier molecular flexibility index (Phi) is 5.20. The van der Waals surface area contributed by atoms with E-state index in [9.17, 15) is 4.79 Å². The van der Waals surface area contributed by atoms with Gasteiger partial charge < -0.3 is 4.74 Å². The molecule has 0 unspecified atom stereocenters. The maximum Gasteiger partial charge on any atom is 0.417 e. The zero-order chi connectivity index (χ0) is 7.98. The van der Waals surface area contributed by atoms with Crippen molar-refractivity contribution in [1.82, 2.24) is 4.72 Å². The molecule has 0 radical (unpaired) electrons. The van der Waals surface area contributed by atoms with Crippen LogP contribution in [0.25, 0.3) is 0 Å². The lowest BCUT2D eigenvalue weighted by Crippen LogP contribution is -2.19. The summed E-state index contributed by atoms with van der Waals surface area (Å²) in [6.07, 6.45) is 1.41. The Balaban J connectivity index is 3.22. The molecule has 0 aliphatic rings.